The molecule has 0 unspecified atom stereocenters. The number of aromatic nitrogens is 1. The number of hydrogen-bond acceptors (Lipinski definition) is 3. The van der Waals surface area contributed by atoms with E-state index in [9.17, 15) is 9.59 Å². The Balaban J connectivity index is 1.75. The molecule has 1 aliphatic heterocycles. The Morgan fingerprint density at radius 2 is 1.61 bits per heavy atom. The van der Waals surface area contributed by atoms with E-state index in [2.05, 4.69) is 49.3 Å². The SMILES string of the molecule is O=C1NC(=S)NC(=O)C1=Cc1cc(C2CC2)n(-c2ccc(Br)cc2)c1-c1ccccc1. The van der Waals surface area contributed by atoms with E-state index in [0.717, 1.165) is 39.8 Å². The minimum atomic E-state index is -0.489. The summed E-state index contributed by atoms with van der Waals surface area (Å²) in [6, 6.07) is 20.3. The molecule has 3 aromatic rings. The van der Waals surface area contributed by atoms with Crippen molar-refractivity contribution in [3.63, 3.8) is 0 Å². The van der Waals surface area contributed by atoms with Crippen molar-refractivity contribution in [1.82, 2.24) is 15.2 Å². The first-order chi connectivity index (χ1) is 15.0. The van der Waals surface area contributed by atoms with Crippen molar-refractivity contribution in [2.45, 2.75) is 18.8 Å². The molecule has 0 radical (unpaired) electrons. The molecule has 0 bridgehead atoms. The minimum Gasteiger partial charge on any atom is -0.313 e. The van der Waals surface area contributed by atoms with Gasteiger partial charge in [0.1, 0.15) is 5.57 Å². The van der Waals surface area contributed by atoms with Gasteiger partial charge in [-0.1, -0.05) is 46.3 Å². The molecule has 2 N–H and O–H groups in total. The Morgan fingerprint density at radius 3 is 2.23 bits per heavy atom. The maximum Gasteiger partial charge on any atom is 0.263 e. The Labute approximate surface area is 193 Å². The van der Waals surface area contributed by atoms with Crippen molar-refractivity contribution < 1.29 is 9.59 Å². The van der Waals surface area contributed by atoms with Gasteiger partial charge in [-0.05, 0) is 72.9 Å². The van der Waals surface area contributed by atoms with E-state index in [1.807, 2.05) is 42.5 Å². The van der Waals surface area contributed by atoms with Crippen LogP contribution < -0.4 is 10.6 Å². The van der Waals surface area contributed by atoms with E-state index in [4.69, 9.17) is 12.2 Å². The van der Waals surface area contributed by atoms with Gasteiger partial charge in [-0.2, -0.15) is 0 Å². The zero-order valence-electron chi connectivity index (χ0n) is 16.4. The minimum absolute atomic E-state index is 0.0292. The van der Waals surface area contributed by atoms with Crippen LogP contribution in [0.4, 0.5) is 0 Å². The van der Waals surface area contributed by atoms with Crippen molar-refractivity contribution >= 4 is 51.2 Å². The highest BCUT2D eigenvalue weighted by Gasteiger charge is 2.32. The highest BCUT2D eigenvalue weighted by atomic mass is 79.9. The van der Waals surface area contributed by atoms with Gasteiger partial charge in [-0.3, -0.25) is 20.2 Å². The van der Waals surface area contributed by atoms with Gasteiger partial charge < -0.3 is 4.57 Å². The lowest BCUT2D eigenvalue weighted by Gasteiger charge is -2.17. The molecule has 2 aliphatic rings. The first kappa shape index (κ1) is 19.9. The second-order valence-electron chi connectivity index (χ2n) is 7.62. The highest BCUT2D eigenvalue weighted by Crippen LogP contribution is 2.45. The van der Waals surface area contributed by atoms with Crippen molar-refractivity contribution in [2.75, 3.05) is 0 Å². The van der Waals surface area contributed by atoms with E-state index >= 15 is 0 Å². The van der Waals surface area contributed by atoms with Gasteiger partial charge in [0.15, 0.2) is 5.11 Å². The molecule has 2 aromatic carbocycles. The lowest BCUT2D eigenvalue weighted by molar-refractivity contribution is -0.123. The fourth-order valence-corrected chi connectivity index (χ4v) is 4.31. The molecule has 5 nitrogen and oxygen atoms in total. The molecule has 1 saturated heterocycles. The normalized spacial score (nSPS) is 16.2. The summed E-state index contributed by atoms with van der Waals surface area (Å²) >= 11 is 8.43. The first-order valence-electron chi connectivity index (χ1n) is 9.96. The Bertz CT molecular complexity index is 1220. The number of nitrogens with one attached hydrogen (secondary N) is 2. The lowest BCUT2D eigenvalue weighted by Crippen LogP contribution is -2.51. The van der Waals surface area contributed by atoms with Crippen LogP contribution in [0.25, 0.3) is 23.0 Å². The molecule has 2 fully saturated rings. The van der Waals surface area contributed by atoms with Gasteiger partial charge in [-0.15, -0.1) is 0 Å². The summed E-state index contributed by atoms with van der Waals surface area (Å²) in [7, 11) is 0. The van der Waals surface area contributed by atoms with Gasteiger partial charge >= 0.3 is 0 Å². The highest BCUT2D eigenvalue weighted by molar-refractivity contribution is 9.10. The molecule has 1 aliphatic carbocycles. The van der Waals surface area contributed by atoms with Gasteiger partial charge in [0.2, 0.25) is 0 Å². The summed E-state index contributed by atoms with van der Waals surface area (Å²) < 4.78 is 3.25. The van der Waals surface area contributed by atoms with Crippen LogP contribution in [0.5, 0.6) is 0 Å². The van der Waals surface area contributed by atoms with Crippen molar-refractivity contribution in [2.24, 2.45) is 0 Å². The van der Waals surface area contributed by atoms with Crippen LogP contribution in [0.3, 0.4) is 0 Å². The fourth-order valence-electron chi connectivity index (χ4n) is 3.86. The van der Waals surface area contributed by atoms with Crippen molar-refractivity contribution in [3.05, 3.63) is 82.0 Å². The molecule has 7 heteroatoms. The quantitative estimate of drug-likeness (QED) is 0.316. The average Bonchev–Trinajstić information content (AvgIpc) is 3.53. The fraction of sp³-hybridized carbons (Fsp3) is 0.125. The second kappa shape index (κ2) is 7.90. The number of carbonyl (C=O) groups excluding carboxylic acids is 2. The molecular formula is C24H18BrN3O2S. The van der Waals surface area contributed by atoms with Crippen molar-refractivity contribution in [3.8, 4) is 16.9 Å². The summed E-state index contributed by atoms with van der Waals surface area (Å²) in [5, 5.41) is 5.06. The first-order valence-corrected chi connectivity index (χ1v) is 11.2. The summed E-state index contributed by atoms with van der Waals surface area (Å²) in [6.07, 6.45) is 3.91. The second-order valence-corrected chi connectivity index (χ2v) is 8.94. The zero-order valence-corrected chi connectivity index (χ0v) is 18.8. The van der Waals surface area contributed by atoms with Crippen LogP contribution in [-0.2, 0) is 9.59 Å². The van der Waals surface area contributed by atoms with Crippen LogP contribution in [0, 0.1) is 0 Å². The number of halogens is 1. The van der Waals surface area contributed by atoms with Crippen LogP contribution in [0.15, 0.2) is 70.7 Å². The topological polar surface area (TPSA) is 63.1 Å². The summed E-state index contributed by atoms with van der Waals surface area (Å²) in [5.74, 6) is -0.519. The number of rotatable bonds is 4. The third-order valence-corrected chi connectivity index (χ3v) is 6.16. The maximum atomic E-state index is 12.5. The van der Waals surface area contributed by atoms with Crippen LogP contribution >= 0.6 is 28.1 Å². The molecule has 154 valence electrons. The number of hydrogen-bond donors (Lipinski definition) is 2. The zero-order chi connectivity index (χ0) is 21.5. The molecular weight excluding hydrogens is 474 g/mol. The number of nitrogens with zero attached hydrogens (tertiary/aromatic N) is 1. The van der Waals surface area contributed by atoms with E-state index in [1.54, 1.807) is 6.08 Å². The number of benzene rings is 2. The van der Waals surface area contributed by atoms with E-state index in [-0.39, 0.29) is 10.7 Å². The summed E-state index contributed by atoms with van der Waals surface area (Å²) in [6.45, 7) is 0. The number of carbonyl (C=O) groups is 2. The van der Waals surface area contributed by atoms with Crippen LogP contribution in [0.2, 0.25) is 0 Å². The summed E-state index contributed by atoms with van der Waals surface area (Å²) in [4.78, 5) is 24.9. The monoisotopic (exact) mass is 491 g/mol. The van der Waals surface area contributed by atoms with E-state index in [1.165, 1.54) is 5.69 Å². The number of thiocarbonyl (C=S) groups is 1. The molecule has 5 rings (SSSR count). The van der Waals surface area contributed by atoms with Gasteiger partial charge in [0.05, 0.1) is 5.69 Å². The third kappa shape index (κ3) is 3.86. The molecule has 31 heavy (non-hydrogen) atoms. The largest absolute Gasteiger partial charge is 0.313 e. The van der Waals surface area contributed by atoms with Gasteiger partial charge in [0.25, 0.3) is 11.8 Å². The standard InChI is InChI=1S/C24H18BrN3O2S/c25-17-8-10-18(11-9-17)28-20(14-6-7-14)13-16(21(28)15-4-2-1-3-5-15)12-19-22(29)26-24(31)27-23(19)30/h1-5,8-14H,6-7H2,(H2,26,27,29,30,31). The predicted octanol–water partition coefficient (Wildman–Crippen LogP) is 4.70. The number of amides is 2. The van der Waals surface area contributed by atoms with Gasteiger partial charge in [-0.25, -0.2) is 0 Å². The Kier molecular flexibility index (Phi) is 5.08. The molecule has 2 heterocycles. The summed E-state index contributed by atoms with van der Waals surface area (Å²) in [5.41, 5.74) is 5.04. The van der Waals surface area contributed by atoms with E-state index in [0.29, 0.717) is 5.92 Å². The predicted molar refractivity (Wildman–Crippen MR) is 128 cm³/mol. The Morgan fingerprint density at radius 1 is 0.968 bits per heavy atom. The lowest BCUT2D eigenvalue weighted by atomic mass is 10.0. The molecule has 0 atom stereocenters. The Hall–Kier alpha value is -3.03. The molecule has 1 aromatic heterocycles. The van der Waals surface area contributed by atoms with Crippen LogP contribution in [0.1, 0.15) is 30.0 Å². The maximum absolute atomic E-state index is 12.5. The molecule has 2 amide bonds. The molecule has 1 saturated carbocycles. The van der Waals surface area contributed by atoms with Crippen LogP contribution in [-0.4, -0.2) is 21.5 Å². The van der Waals surface area contributed by atoms with Gasteiger partial charge in [0, 0.05) is 21.4 Å². The average molecular weight is 492 g/mol. The smallest absolute Gasteiger partial charge is 0.263 e. The molecule has 0 spiro atoms. The van der Waals surface area contributed by atoms with Crippen molar-refractivity contribution in [1.29, 1.82) is 0 Å². The third-order valence-electron chi connectivity index (χ3n) is 5.43. The van der Waals surface area contributed by atoms with E-state index < -0.39 is 11.8 Å².